The first-order valence-electron chi connectivity index (χ1n) is 7.86. The van der Waals surface area contributed by atoms with Crippen LogP contribution in [0.25, 0.3) is 0 Å². The summed E-state index contributed by atoms with van der Waals surface area (Å²) in [5.41, 5.74) is 0.249. The number of ether oxygens (including phenoxy) is 1. The Labute approximate surface area is 139 Å². The molecular weight excluding hydrogens is 313 g/mol. The minimum Gasteiger partial charge on any atom is -0.381 e. The molecule has 0 aliphatic carbocycles. The lowest BCUT2D eigenvalue weighted by atomic mass is 9.88. The standard InChI is InChI=1S/C18H20FNO2S/c19-15-5-2-1-4-14(15)7-8-17(21)20-18(9-11-22-12-10-18)16-6-3-13-23-16/h1-6,13H,7-12H2,(H,20,21). The van der Waals surface area contributed by atoms with E-state index in [4.69, 9.17) is 4.74 Å². The van der Waals surface area contributed by atoms with Gasteiger partial charge in [-0.15, -0.1) is 11.3 Å². The summed E-state index contributed by atoms with van der Waals surface area (Å²) in [6, 6.07) is 10.7. The van der Waals surface area contributed by atoms with Gasteiger partial charge in [-0.25, -0.2) is 4.39 Å². The largest absolute Gasteiger partial charge is 0.381 e. The molecule has 0 radical (unpaired) electrons. The lowest BCUT2D eigenvalue weighted by Crippen LogP contribution is -2.49. The fraction of sp³-hybridized carbons (Fsp3) is 0.389. The number of halogens is 1. The minimum absolute atomic E-state index is 0.0384. The van der Waals surface area contributed by atoms with Crippen molar-refractivity contribution in [1.29, 1.82) is 0 Å². The summed E-state index contributed by atoms with van der Waals surface area (Å²) < 4.78 is 19.1. The van der Waals surface area contributed by atoms with Crippen LogP contribution in [-0.4, -0.2) is 19.1 Å². The molecule has 1 aliphatic heterocycles. The maximum atomic E-state index is 13.7. The van der Waals surface area contributed by atoms with Crippen molar-refractivity contribution in [2.75, 3.05) is 13.2 Å². The van der Waals surface area contributed by atoms with Crippen LogP contribution in [0.2, 0.25) is 0 Å². The molecule has 0 bridgehead atoms. The van der Waals surface area contributed by atoms with E-state index in [0.717, 1.165) is 12.8 Å². The van der Waals surface area contributed by atoms with Crippen molar-refractivity contribution in [3.63, 3.8) is 0 Å². The van der Waals surface area contributed by atoms with Crippen LogP contribution in [0.1, 0.15) is 29.7 Å². The molecule has 0 spiro atoms. The zero-order valence-corrected chi connectivity index (χ0v) is 13.7. The number of hydrogen-bond acceptors (Lipinski definition) is 3. The van der Waals surface area contributed by atoms with Crippen molar-refractivity contribution in [3.8, 4) is 0 Å². The molecule has 1 aromatic carbocycles. The third-order valence-corrected chi connectivity index (χ3v) is 5.37. The van der Waals surface area contributed by atoms with Gasteiger partial charge in [0, 0.05) is 24.5 Å². The number of thiophene rings is 1. The summed E-state index contributed by atoms with van der Waals surface area (Å²) in [7, 11) is 0. The van der Waals surface area contributed by atoms with Crippen LogP contribution in [0.15, 0.2) is 41.8 Å². The normalized spacial score (nSPS) is 16.9. The van der Waals surface area contributed by atoms with Gasteiger partial charge in [0.05, 0.1) is 5.54 Å². The van der Waals surface area contributed by atoms with Crippen LogP contribution >= 0.6 is 11.3 Å². The second-order valence-corrected chi connectivity index (χ2v) is 6.76. The van der Waals surface area contributed by atoms with E-state index in [0.29, 0.717) is 25.2 Å². The molecule has 1 N–H and O–H groups in total. The van der Waals surface area contributed by atoms with Crippen LogP contribution in [-0.2, 0) is 21.5 Å². The highest BCUT2D eigenvalue weighted by Gasteiger charge is 2.36. The Bertz CT molecular complexity index is 651. The SMILES string of the molecule is O=C(CCc1ccccc1F)NC1(c2cccs2)CCOCC1. The van der Waals surface area contributed by atoms with Gasteiger partial charge in [0.2, 0.25) is 5.91 Å². The predicted molar refractivity (Wildman–Crippen MR) is 88.9 cm³/mol. The monoisotopic (exact) mass is 333 g/mol. The van der Waals surface area contributed by atoms with Gasteiger partial charge >= 0.3 is 0 Å². The zero-order valence-electron chi connectivity index (χ0n) is 12.9. The first kappa shape index (κ1) is 16.1. The minimum atomic E-state index is -0.335. The van der Waals surface area contributed by atoms with Crippen molar-refractivity contribution in [3.05, 3.63) is 58.0 Å². The average molecular weight is 333 g/mol. The van der Waals surface area contributed by atoms with Gasteiger partial charge in [0.1, 0.15) is 5.82 Å². The number of nitrogens with one attached hydrogen (secondary N) is 1. The number of aryl methyl sites for hydroxylation is 1. The van der Waals surface area contributed by atoms with Gasteiger partial charge in [0.25, 0.3) is 0 Å². The quantitative estimate of drug-likeness (QED) is 0.907. The van der Waals surface area contributed by atoms with E-state index < -0.39 is 0 Å². The molecule has 3 nitrogen and oxygen atoms in total. The van der Waals surface area contributed by atoms with Crippen LogP contribution < -0.4 is 5.32 Å². The summed E-state index contributed by atoms with van der Waals surface area (Å²) in [4.78, 5) is 13.6. The first-order chi connectivity index (χ1) is 11.2. The molecular formula is C18H20FNO2S. The number of amides is 1. The number of benzene rings is 1. The zero-order chi connectivity index (χ0) is 16.1. The molecule has 1 amide bonds. The Morgan fingerprint density at radius 1 is 1.22 bits per heavy atom. The number of carbonyl (C=O) groups is 1. The van der Waals surface area contributed by atoms with E-state index in [1.807, 2.05) is 11.4 Å². The molecule has 2 aromatic rings. The molecule has 122 valence electrons. The van der Waals surface area contributed by atoms with E-state index in [9.17, 15) is 9.18 Å². The summed E-state index contributed by atoms with van der Waals surface area (Å²) in [6.07, 6.45) is 2.25. The Balaban J connectivity index is 1.66. The van der Waals surface area contributed by atoms with Crippen molar-refractivity contribution < 1.29 is 13.9 Å². The molecule has 1 fully saturated rings. The van der Waals surface area contributed by atoms with Gasteiger partial charge in [-0.3, -0.25) is 4.79 Å². The van der Waals surface area contributed by atoms with Crippen LogP contribution in [0, 0.1) is 5.82 Å². The summed E-state index contributed by atoms with van der Waals surface area (Å²) >= 11 is 1.66. The molecule has 1 aliphatic rings. The van der Waals surface area contributed by atoms with E-state index in [1.165, 1.54) is 10.9 Å². The van der Waals surface area contributed by atoms with Gasteiger partial charge in [-0.05, 0) is 42.3 Å². The molecule has 5 heteroatoms. The van der Waals surface area contributed by atoms with Gasteiger partial charge < -0.3 is 10.1 Å². The molecule has 1 saturated heterocycles. The molecule has 23 heavy (non-hydrogen) atoms. The highest BCUT2D eigenvalue weighted by atomic mass is 32.1. The molecule has 0 atom stereocenters. The second kappa shape index (κ2) is 7.23. The third-order valence-electron chi connectivity index (χ3n) is 4.30. The summed E-state index contributed by atoms with van der Waals surface area (Å²) in [5.74, 6) is -0.289. The fourth-order valence-corrected chi connectivity index (χ4v) is 3.92. The van der Waals surface area contributed by atoms with Gasteiger partial charge in [0.15, 0.2) is 0 Å². The number of hydrogen-bond donors (Lipinski definition) is 1. The molecule has 1 aromatic heterocycles. The third kappa shape index (κ3) is 3.79. The van der Waals surface area contributed by atoms with E-state index in [-0.39, 0.29) is 23.7 Å². The highest BCUT2D eigenvalue weighted by molar-refractivity contribution is 7.10. The topological polar surface area (TPSA) is 38.3 Å². The Morgan fingerprint density at radius 2 is 2.00 bits per heavy atom. The van der Waals surface area contributed by atoms with Crippen molar-refractivity contribution >= 4 is 17.2 Å². The Hall–Kier alpha value is -1.72. The molecule has 3 rings (SSSR count). The van der Waals surface area contributed by atoms with E-state index in [1.54, 1.807) is 29.5 Å². The predicted octanol–water partition coefficient (Wildman–Crippen LogP) is 3.64. The summed E-state index contributed by atoms with van der Waals surface area (Å²) in [6.45, 7) is 1.29. The molecule has 0 unspecified atom stereocenters. The first-order valence-corrected chi connectivity index (χ1v) is 8.74. The Morgan fingerprint density at radius 3 is 2.70 bits per heavy atom. The Kier molecular flexibility index (Phi) is 5.08. The highest BCUT2D eigenvalue weighted by Crippen LogP contribution is 2.35. The van der Waals surface area contributed by atoms with Crippen molar-refractivity contribution in [2.24, 2.45) is 0 Å². The molecule has 2 heterocycles. The van der Waals surface area contributed by atoms with Gasteiger partial charge in [-0.2, -0.15) is 0 Å². The van der Waals surface area contributed by atoms with Crippen LogP contribution in [0.5, 0.6) is 0 Å². The van der Waals surface area contributed by atoms with Crippen LogP contribution in [0.4, 0.5) is 4.39 Å². The number of carbonyl (C=O) groups excluding carboxylic acids is 1. The van der Waals surface area contributed by atoms with Crippen molar-refractivity contribution in [1.82, 2.24) is 5.32 Å². The second-order valence-electron chi connectivity index (χ2n) is 5.81. The lowest BCUT2D eigenvalue weighted by Gasteiger charge is -2.37. The summed E-state index contributed by atoms with van der Waals surface area (Å²) in [5, 5.41) is 5.22. The maximum absolute atomic E-state index is 13.7. The smallest absolute Gasteiger partial charge is 0.221 e. The average Bonchev–Trinajstić information content (AvgIpc) is 3.10. The van der Waals surface area contributed by atoms with Crippen LogP contribution in [0.3, 0.4) is 0 Å². The van der Waals surface area contributed by atoms with Crippen molar-refractivity contribution in [2.45, 2.75) is 31.2 Å². The van der Waals surface area contributed by atoms with Gasteiger partial charge in [-0.1, -0.05) is 24.3 Å². The lowest BCUT2D eigenvalue weighted by molar-refractivity contribution is -0.124. The fourth-order valence-electron chi connectivity index (χ4n) is 2.98. The van der Waals surface area contributed by atoms with E-state index in [2.05, 4.69) is 11.4 Å². The van der Waals surface area contributed by atoms with E-state index >= 15 is 0 Å². The number of rotatable bonds is 5. The maximum Gasteiger partial charge on any atom is 0.221 e. The molecule has 0 saturated carbocycles.